The van der Waals surface area contributed by atoms with E-state index in [2.05, 4.69) is 21.9 Å². The molecule has 3 heterocycles. The Hall–Kier alpha value is -3.57. The average Bonchev–Trinajstić information content (AvgIpc) is 3.50. The average molecular weight is 633 g/mol. The number of ketones is 1. The lowest BCUT2D eigenvalue weighted by molar-refractivity contribution is -0.150. The molecule has 1 saturated carbocycles. The van der Waals surface area contributed by atoms with Crippen molar-refractivity contribution in [2.45, 2.75) is 116 Å². The number of carbonyl (C=O) groups excluding carboxylic acids is 3. The predicted molar refractivity (Wildman–Crippen MR) is 164 cm³/mol. The Morgan fingerprint density at radius 2 is 1.82 bits per heavy atom. The van der Waals surface area contributed by atoms with Crippen molar-refractivity contribution >= 4 is 23.9 Å². The fraction of sp³-hybridized carbons (Fsp3) is 0.667. The summed E-state index contributed by atoms with van der Waals surface area (Å²) < 4.78 is 49.3. The van der Waals surface area contributed by atoms with E-state index in [4.69, 9.17) is 14.2 Å². The first-order valence-electron chi connectivity index (χ1n) is 15.8. The minimum Gasteiger partial charge on any atom is -0.497 e. The molecule has 5 atom stereocenters. The molecule has 248 valence electrons. The molecule has 0 radical (unpaired) electrons. The summed E-state index contributed by atoms with van der Waals surface area (Å²) in [5.74, 6) is -4.96. The minimum absolute atomic E-state index is 0.0845. The van der Waals surface area contributed by atoms with Gasteiger partial charge in [0.25, 0.3) is 0 Å². The van der Waals surface area contributed by atoms with E-state index in [0.29, 0.717) is 35.7 Å². The third-order valence-electron chi connectivity index (χ3n) is 8.96. The number of alkyl carbamates (subject to hydrolysis) is 1. The zero-order valence-electron chi connectivity index (χ0n) is 27.2. The molecule has 0 unspecified atom stereocenters. The van der Waals surface area contributed by atoms with Crippen molar-refractivity contribution in [2.24, 2.45) is 11.3 Å². The van der Waals surface area contributed by atoms with Crippen LogP contribution in [0.2, 0.25) is 0 Å². The third-order valence-corrected chi connectivity index (χ3v) is 8.96. The van der Waals surface area contributed by atoms with Gasteiger partial charge in [-0.25, -0.2) is 9.78 Å². The molecular weight excluding hydrogens is 586 g/mol. The van der Waals surface area contributed by atoms with Crippen LogP contribution in [0, 0.1) is 18.3 Å². The Bertz CT molecular complexity index is 1330. The molecule has 10 nitrogen and oxygen atoms in total. The number of Topliss-reactive ketones (excluding diaryl/α,β-unsaturated/α-hetero) is 1. The number of hydrogen-bond acceptors (Lipinski definition) is 8. The predicted octanol–water partition coefficient (Wildman–Crippen LogP) is 5.57. The van der Waals surface area contributed by atoms with E-state index in [1.165, 1.54) is 13.2 Å². The van der Waals surface area contributed by atoms with Crippen LogP contribution in [0.25, 0.3) is 6.08 Å². The van der Waals surface area contributed by atoms with Crippen molar-refractivity contribution in [3.8, 4) is 5.88 Å². The quantitative estimate of drug-likeness (QED) is 0.338. The summed E-state index contributed by atoms with van der Waals surface area (Å²) in [4.78, 5) is 49.9. The number of hydrogen-bond donors (Lipinski definition) is 1. The van der Waals surface area contributed by atoms with Crippen molar-refractivity contribution in [1.82, 2.24) is 20.2 Å². The number of methoxy groups -OCH3 is 1. The van der Waals surface area contributed by atoms with Crippen LogP contribution in [0.1, 0.15) is 89.7 Å². The Kier molecular flexibility index (Phi) is 10.5. The van der Waals surface area contributed by atoms with Gasteiger partial charge in [0.15, 0.2) is 17.9 Å². The highest BCUT2D eigenvalue weighted by Crippen LogP contribution is 2.40. The van der Waals surface area contributed by atoms with Gasteiger partial charge in [-0.2, -0.15) is 8.78 Å². The van der Waals surface area contributed by atoms with Crippen LogP contribution in [0.3, 0.4) is 0 Å². The van der Waals surface area contributed by atoms with Crippen LogP contribution in [0.15, 0.2) is 18.4 Å². The molecule has 2 fully saturated rings. The highest BCUT2D eigenvalue weighted by atomic mass is 19.3. The molecule has 3 aliphatic rings. The van der Waals surface area contributed by atoms with E-state index in [9.17, 15) is 14.4 Å². The number of allylic oxidation sites excluding steroid dienone is 1. The number of rotatable bonds is 4. The van der Waals surface area contributed by atoms with Crippen molar-refractivity contribution < 1.29 is 37.4 Å². The van der Waals surface area contributed by atoms with Gasteiger partial charge in [-0.1, -0.05) is 40.2 Å². The number of aromatic nitrogens is 2. The fourth-order valence-electron chi connectivity index (χ4n) is 6.51. The van der Waals surface area contributed by atoms with Gasteiger partial charge in [-0.15, -0.1) is 0 Å². The van der Waals surface area contributed by atoms with Gasteiger partial charge in [0.05, 0.1) is 25.0 Å². The van der Waals surface area contributed by atoms with Gasteiger partial charge in [-0.05, 0) is 69.8 Å². The molecule has 45 heavy (non-hydrogen) atoms. The van der Waals surface area contributed by atoms with Gasteiger partial charge < -0.3 is 24.4 Å². The molecular formula is C33H46F2N4O6. The highest BCUT2D eigenvalue weighted by molar-refractivity contribution is 5.93. The number of carbonyl (C=O) groups is 3. The number of nitrogens with zero attached hydrogens (tertiary/aromatic N) is 3. The zero-order chi connectivity index (χ0) is 33.1. The van der Waals surface area contributed by atoms with E-state index in [-0.39, 0.29) is 17.9 Å². The Morgan fingerprint density at radius 3 is 2.47 bits per heavy atom. The maximum absolute atomic E-state index is 16.1. The molecule has 12 heteroatoms. The summed E-state index contributed by atoms with van der Waals surface area (Å²) >= 11 is 0. The van der Waals surface area contributed by atoms with Crippen molar-refractivity contribution in [3.63, 3.8) is 0 Å². The van der Waals surface area contributed by atoms with Gasteiger partial charge in [0, 0.05) is 6.08 Å². The topological polar surface area (TPSA) is 120 Å². The zero-order valence-corrected chi connectivity index (χ0v) is 27.2. The van der Waals surface area contributed by atoms with Crippen LogP contribution in [-0.2, 0) is 25.5 Å². The van der Waals surface area contributed by atoms with Gasteiger partial charge >= 0.3 is 12.0 Å². The number of amides is 2. The van der Waals surface area contributed by atoms with Gasteiger partial charge in [-0.3, -0.25) is 14.6 Å². The van der Waals surface area contributed by atoms with E-state index in [0.717, 1.165) is 50.3 Å². The maximum Gasteiger partial charge on any atom is 0.408 e. The van der Waals surface area contributed by atoms with Crippen LogP contribution in [-0.4, -0.2) is 76.5 Å². The normalized spacial score (nSPS) is 28.0. The lowest BCUT2D eigenvalue weighted by atomic mass is 9.85. The number of aryl methyl sites for hydroxylation is 2. The monoisotopic (exact) mass is 632 g/mol. The first-order valence-corrected chi connectivity index (χ1v) is 15.8. The molecule has 1 aliphatic carbocycles. The Balaban J connectivity index is 1.78. The first kappa shape index (κ1) is 34.3. The smallest absolute Gasteiger partial charge is 0.408 e. The molecule has 0 aromatic carbocycles. The van der Waals surface area contributed by atoms with Crippen molar-refractivity contribution in [2.75, 3.05) is 13.7 Å². The fourth-order valence-corrected chi connectivity index (χ4v) is 6.51. The number of ether oxygens (including phenoxy) is 3. The summed E-state index contributed by atoms with van der Waals surface area (Å²) in [6.07, 6.45) is 6.49. The summed E-state index contributed by atoms with van der Waals surface area (Å²) in [5, 5.41) is 2.65. The number of fused-ring (bicyclic) bond motifs is 4. The molecule has 1 aromatic heterocycles. The standard InChI is InChI=1S/C33H46F2N4O6/c1-8-22(43-7)17-24-19(2)36-23-15-11-9-10-13-21-14-12-16-25(21)44-31(42)38-27(32(4,5)6)30(41)39-18-26(45-29(23)37-24)33(34,35)28(39)20(3)40/h8,17,21,25-28H,1,9-16,18H2,2-7H3,(H,38,42)/b22-17+/t21-,25-,26+,27-,28-/m1/s1. The second-order valence-corrected chi connectivity index (χ2v) is 13.4. The summed E-state index contributed by atoms with van der Waals surface area (Å²) in [6.45, 7) is 11.0. The number of nitrogens with one attached hydrogen (secondary N) is 1. The van der Waals surface area contributed by atoms with E-state index < -0.39 is 53.9 Å². The third kappa shape index (κ3) is 7.64. The van der Waals surface area contributed by atoms with Gasteiger partial charge in [0.2, 0.25) is 11.8 Å². The lowest BCUT2D eigenvalue weighted by Gasteiger charge is -2.35. The van der Waals surface area contributed by atoms with Crippen LogP contribution < -0.4 is 10.1 Å². The summed E-state index contributed by atoms with van der Waals surface area (Å²) in [5.41, 5.74) is 0.447. The number of alkyl halides is 2. The molecule has 2 bridgehead atoms. The summed E-state index contributed by atoms with van der Waals surface area (Å²) in [6, 6.07) is -3.33. The first-order chi connectivity index (χ1) is 21.2. The van der Waals surface area contributed by atoms with Crippen molar-refractivity contribution in [3.05, 3.63) is 35.5 Å². The maximum atomic E-state index is 16.1. The Labute approximate surface area is 264 Å². The molecule has 2 aliphatic heterocycles. The van der Waals surface area contributed by atoms with Crippen LogP contribution in [0.4, 0.5) is 13.6 Å². The van der Waals surface area contributed by atoms with Crippen LogP contribution in [0.5, 0.6) is 5.88 Å². The minimum atomic E-state index is -3.76. The largest absolute Gasteiger partial charge is 0.497 e. The second-order valence-electron chi connectivity index (χ2n) is 13.4. The van der Waals surface area contributed by atoms with Gasteiger partial charge in [0.1, 0.15) is 23.6 Å². The molecule has 0 spiro atoms. The SMILES string of the molecule is C=C/C(=C\c1nc2c(nc1C)CCCCC[C@@H]1CCC[C@H]1OC(=O)N[C@@H](C(C)(C)C)C(=O)N1C[C@H](O2)C(F)(F)[C@H]1C(C)=O)OC. The van der Waals surface area contributed by atoms with Crippen LogP contribution >= 0.6 is 0 Å². The van der Waals surface area contributed by atoms with E-state index in [1.807, 2.05) is 0 Å². The lowest BCUT2D eigenvalue weighted by Crippen LogP contribution is -2.58. The molecule has 1 N–H and O–H groups in total. The van der Waals surface area contributed by atoms with E-state index >= 15 is 8.78 Å². The molecule has 1 aromatic rings. The van der Waals surface area contributed by atoms with Crippen molar-refractivity contribution in [1.29, 1.82) is 0 Å². The highest BCUT2D eigenvalue weighted by Gasteiger charge is 2.62. The molecule has 4 rings (SSSR count). The molecule has 2 amide bonds. The number of halogens is 2. The second kappa shape index (κ2) is 13.8. The summed E-state index contributed by atoms with van der Waals surface area (Å²) in [7, 11) is 1.47. The molecule has 1 saturated heterocycles. The van der Waals surface area contributed by atoms with E-state index in [1.54, 1.807) is 33.8 Å². The Morgan fingerprint density at radius 1 is 1.11 bits per heavy atom.